The maximum Gasteiger partial charge on any atom is 0.123 e. The quantitative estimate of drug-likeness (QED) is 0.882. The molecule has 0 aliphatic heterocycles. The average molecular weight is 278 g/mol. The fraction of sp³-hybridized carbons (Fsp3) is 0.357. The van der Waals surface area contributed by atoms with Gasteiger partial charge < -0.3 is 14.8 Å². The van der Waals surface area contributed by atoms with Crippen molar-refractivity contribution in [2.45, 2.75) is 20.0 Å². The number of hydrogen-bond donors (Lipinski definition) is 1. The first-order chi connectivity index (χ1) is 9.22. The van der Waals surface area contributed by atoms with E-state index in [2.05, 4.69) is 17.2 Å². The van der Waals surface area contributed by atoms with Gasteiger partial charge in [0, 0.05) is 29.7 Å². The fourth-order valence-electron chi connectivity index (χ4n) is 1.81. The lowest BCUT2D eigenvalue weighted by Gasteiger charge is -2.10. The van der Waals surface area contributed by atoms with E-state index in [0.29, 0.717) is 0 Å². The molecule has 0 saturated carbocycles. The van der Waals surface area contributed by atoms with Crippen molar-refractivity contribution < 1.29 is 9.47 Å². The van der Waals surface area contributed by atoms with Crippen LogP contribution in [0.5, 0.6) is 11.5 Å². The standard InChI is InChI=1S/C14H18N2O2S/c1-10-7-16-14(19-10)9-15-8-11-6-12(17-2)4-5-13(11)18-3/h4-7,15H,8-9H2,1-3H3. The number of hydrogen-bond acceptors (Lipinski definition) is 5. The second-order valence-corrected chi connectivity index (χ2v) is 5.47. The summed E-state index contributed by atoms with van der Waals surface area (Å²) in [5.74, 6) is 1.70. The lowest BCUT2D eigenvalue weighted by atomic mass is 10.2. The smallest absolute Gasteiger partial charge is 0.123 e. The number of nitrogens with zero attached hydrogens (tertiary/aromatic N) is 1. The third-order valence-electron chi connectivity index (χ3n) is 2.75. The molecular formula is C14H18N2O2S. The minimum absolute atomic E-state index is 0.721. The van der Waals surface area contributed by atoms with Crippen LogP contribution in [0.25, 0.3) is 0 Å². The summed E-state index contributed by atoms with van der Waals surface area (Å²) < 4.78 is 10.6. The van der Waals surface area contributed by atoms with Crippen molar-refractivity contribution in [1.29, 1.82) is 0 Å². The Morgan fingerprint density at radius 2 is 2.05 bits per heavy atom. The van der Waals surface area contributed by atoms with E-state index in [1.54, 1.807) is 25.6 Å². The fourth-order valence-corrected chi connectivity index (χ4v) is 2.56. The zero-order valence-corrected chi connectivity index (χ0v) is 12.2. The Labute approximate surface area is 117 Å². The molecule has 0 radical (unpaired) electrons. The first kappa shape index (κ1) is 13.8. The largest absolute Gasteiger partial charge is 0.497 e. The van der Waals surface area contributed by atoms with Gasteiger partial charge in [-0.1, -0.05) is 0 Å². The van der Waals surface area contributed by atoms with Crippen molar-refractivity contribution in [1.82, 2.24) is 10.3 Å². The highest BCUT2D eigenvalue weighted by Gasteiger charge is 2.05. The van der Waals surface area contributed by atoms with Gasteiger partial charge in [0.05, 0.1) is 14.2 Å². The van der Waals surface area contributed by atoms with E-state index in [0.717, 1.165) is 35.2 Å². The molecule has 0 unspecified atom stereocenters. The number of nitrogens with one attached hydrogen (secondary N) is 1. The van der Waals surface area contributed by atoms with Gasteiger partial charge in [0.2, 0.25) is 0 Å². The number of rotatable bonds is 6. The van der Waals surface area contributed by atoms with Gasteiger partial charge in [-0.3, -0.25) is 0 Å². The van der Waals surface area contributed by atoms with Crippen LogP contribution in [0.15, 0.2) is 24.4 Å². The summed E-state index contributed by atoms with van der Waals surface area (Å²) >= 11 is 1.71. The molecule has 0 bridgehead atoms. The minimum Gasteiger partial charge on any atom is -0.497 e. The van der Waals surface area contributed by atoms with E-state index in [-0.39, 0.29) is 0 Å². The van der Waals surface area contributed by atoms with Crippen LogP contribution in [0, 0.1) is 6.92 Å². The topological polar surface area (TPSA) is 43.4 Å². The van der Waals surface area contributed by atoms with Gasteiger partial charge in [-0.15, -0.1) is 11.3 Å². The van der Waals surface area contributed by atoms with Crippen LogP contribution >= 0.6 is 11.3 Å². The van der Waals surface area contributed by atoms with E-state index in [4.69, 9.17) is 9.47 Å². The average Bonchev–Trinajstić information content (AvgIpc) is 2.84. The van der Waals surface area contributed by atoms with E-state index >= 15 is 0 Å². The van der Waals surface area contributed by atoms with Gasteiger partial charge >= 0.3 is 0 Å². The number of benzene rings is 1. The number of methoxy groups -OCH3 is 2. The monoisotopic (exact) mass is 278 g/mol. The third kappa shape index (κ3) is 3.68. The van der Waals surface area contributed by atoms with Crippen molar-refractivity contribution >= 4 is 11.3 Å². The van der Waals surface area contributed by atoms with Gasteiger partial charge in [-0.05, 0) is 25.1 Å². The molecule has 0 atom stereocenters. The van der Waals surface area contributed by atoms with Crippen molar-refractivity contribution in [3.8, 4) is 11.5 Å². The molecule has 1 N–H and O–H groups in total. The second-order valence-electron chi connectivity index (χ2n) is 4.15. The Kier molecular flexibility index (Phi) is 4.76. The molecule has 0 spiro atoms. The van der Waals surface area contributed by atoms with Crippen molar-refractivity contribution in [3.63, 3.8) is 0 Å². The molecule has 0 aliphatic carbocycles. The van der Waals surface area contributed by atoms with Gasteiger partial charge in [-0.25, -0.2) is 4.98 Å². The SMILES string of the molecule is COc1ccc(OC)c(CNCc2ncc(C)s2)c1. The van der Waals surface area contributed by atoms with E-state index < -0.39 is 0 Å². The summed E-state index contributed by atoms with van der Waals surface area (Å²) in [6, 6.07) is 5.80. The van der Waals surface area contributed by atoms with Gasteiger partial charge in [0.15, 0.2) is 0 Å². The van der Waals surface area contributed by atoms with Crippen molar-refractivity contribution in [3.05, 3.63) is 39.8 Å². The molecule has 0 fully saturated rings. The Hall–Kier alpha value is -1.59. The zero-order chi connectivity index (χ0) is 13.7. The highest BCUT2D eigenvalue weighted by atomic mass is 32.1. The molecule has 0 amide bonds. The number of ether oxygens (including phenoxy) is 2. The summed E-state index contributed by atoms with van der Waals surface area (Å²) in [5, 5.41) is 4.47. The predicted molar refractivity (Wildman–Crippen MR) is 76.9 cm³/mol. The van der Waals surface area contributed by atoms with Crippen LogP contribution in [0.3, 0.4) is 0 Å². The molecule has 2 aromatic rings. The Balaban J connectivity index is 1.98. The molecular weight excluding hydrogens is 260 g/mol. The molecule has 2 rings (SSSR count). The zero-order valence-electron chi connectivity index (χ0n) is 11.4. The van der Waals surface area contributed by atoms with Crippen molar-refractivity contribution in [2.24, 2.45) is 0 Å². The highest BCUT2D eigenvalue weighted by Crippen LogP contribution is 2.23. The molecule has 4 nitrogen and oxygen atoms in total. The normalized spacial score (nSPS) is 10.5. The van der Waals surface area contributed by atoms with Crippen LogP contribution < -0.4 is 14.8 Å². The Bertz CT molecular complexity index is 540. The molecule has 1 aromatic heterocycles. The molecule has 5 heteroatoms. The van der Waals surface area contributed by atoms with Gasteiger partial charge in [-0.2, -0.15) is 0 Å². The van der Waals surface area contributed by atoms with Gasteiger partial charge in [0.1, 0.15) is 16.5 Å². The number of aryl methyl sites for hydroxylation is 1. The Morgan fingerprint density at radius 1 is 1.21 bits per heavy atom. The lowest BCUT2D eigenvalue weighted by molar-refractivity contribution is 0.397. The van der Waals surface area contributed by atoms with E-state index in [9.17, 15) is 0 Å². The van der Waals surface area contributed by atoms with Crippen LogP contribution in [0.4, 0.5) is 0 Å². The lowest BCUT2D eigenvalue weighted by Crippen LogP contribution is -2.13. The minimum atomic E-state index is 0.721. The molecule has 1 heterocycles. The van der Waals surface area contributed by atoms with Crippen LogP contribution in [0.2, 0.25) is 0 Å². The van der Waals surface area contributed by atoms with E-state index in [1.807, 2.05) is 24.4 Å². The maximum atomic E-state index is 5.34. The Morgan fingerprint density at radius 3 is 2.68 bits per heavy atom. The molecule has 0 saturated heterocycles. The highest BCUT2D eigenvalue weighted by molar-refractivity contribution is 7.11. The molecule has 102 valence electrons. The van der Waals surface area contributed by atoms with Crippen molar-refractivity contribution in [2.75, 3.05) is 14.2 Å². The summed E-state index contributed by atoms with van der Waals surface area (Å²) in [6.07, 6.45) is 1.90. The second kappa shape index (κ2) is 6.54. The summed E-state index contributed by atoms with van der Waals surface area (Å²) in [6.45, 7) is 3.55. The first-order valence-corrected chi connectivity index (χ1v) is 6.87. The summed E-state index contributed by atoms with van der Waals surface area (Å²) in [5.41, 5.74) is 1.08. The summed E-state index contributed by atoms with van der Waals surface area (Å²) in [4.78, 5) is 5.56. The van der Waals surface area contributed by atoms with Crippen LogP contribution in [-0.2, 0) is 13.1 Å². The summed E-state index contributed by atoms with van der Waals surface area (Å²) in [7, 11) is 3.34. The van der Waals surface area contributed by atoms with Gasteiger partial charge in [0.25, 0.3) is 0 Å². The van der Waals surface area contributed by atoms with Crippen LogP contribution in [0.1, 0.15) is 15.4 Å². The maximum absolute atomic E-state index is 5.34. The first-order valence-electron chi connectivity index (χ1n) is 6.06. The van der Waals surface area contributed by atoms with Crippen LogP contribution in [-0.4, -0.2) is 19.2 Å². The third-order valence-corrected chi connectivity index (χ3v) is 3.66. The number of aromatic nitrogens is 1. The molecule has 0 aliphatic rings. The van der Waals surface area contributed by atoms with E-state index in [1.165, 1.54) is 4.88 Å². The predicted octanol–water partition coefficient (Wildman–Crippen LogP) is 2.76. The number of thiazole rings is 1. The molecule has 1 aromatic carbocycles. The molecule has 19 heavy (non-hydrogen) atoms.